The normalized spacial score (nSPS) is 37.8. The van der Waals surface area contributed by atoms with Crippen LogP contribution < -0.4 is 5.32 Å². The average Bonchev–Trinajstić information content (AvgIpc) is 2.92. The van der Waals surface area contributed by atoms with Gasteiger partial charge >= 0.3 is 0 Å². The molecule has 0 aromatic rings. The molecule has 18 heavy (non-hydrogen) atoms. The molecule has 1 saturated carbocycles. The van der Waals surface area contributed by atoms with E-state index in [0.29, 0.717) is 0 Å². The zero-order valence-corrected chi connectivity index (χ0v) is 12.7. The second-order valence-corrected chi connectivity index (χ2v) is 6.64. The predicted molar refractivity (Wildman–Crippen MR) is 77.9 cm³/mol. The van der Waals surface area contributed by atoms with E-state index in [1.807, 2.05) is 0 Å². The van der Waals surface area contributed by atoms with Crippen LogP contribution in [0, 0.1) is 11.8 Å². The molecule has 0 amide bonds. The third-order valence-electron chi connectivity index (χ3n) is 5.16. The first-order chi connectivity index (χ1) is 8.61. The number of rotatable bonds is 5. The first-order valence-electron chi connectivity index (χ1n) is 7.68. The van der Waals surface area contributed by atoms with Crippen LogP contribution >= 0.6 is 0 Å². The van der Waals surface area contributed by atoms with Crippen molar-refractivity contribution in [2.45, 2.75) is 44.7 Å². The lowest BCUT2D eigenvalue weighted by molar-refractivity contribution is 0.243. The molecule has 4 unspecified atom stereocenters. The van der Waals surface area contributed by atoms with E-state index in [1.165, 1.54) is 45.3 Å². The second kappa shape index (κ2) is 6.36. The van der Waals surface area contributed by atoms with Gasteiger partial charge in [0.1, 0.15) is 0 Å². The van der Waals surface area contributed by atoms with Crippen molar-refractivity contribution >= 4 is 0 Å². The fourth-order valence-electron chi connectivity index (χ4n) is 4.01. The predicted octanol–water partition coefficient (Wildman–Crippen LogP) is 1.65. The highest BCUT2D eigenvalue weighted by Crippen LogP contribution is 2.29. The molecule has 2 aliphatic rings. The molecule has 0 aromatic heterocycles. The van der Waals surface area contributed by atoms with Gasteiger partial charge in [-0.05, 0) is 58.8 Å². The third kappa shape index (κ3) is 3.25. The Morgan fingerprint density at radius 2 is 2.00 bits per heavy atom. The minimum Gasteiger partial charge on any atom is -0.317 e. The Kier molecular flexibility index (Phi) is 5.05. The molecule has 3 nitrogen and oxygen atoms in total. The van der Waals surface area contributed by atoms with Gasteiger partial charge in [-0.2, -0.15) is 0 Å². The van der Waals surface area contributed by atoms with Gasteiger partial charge in [-0.1, -0.05) is 13.3 Å². The van der Waals surface area contributed by atoms with Gasteiger partial charge in [0.15, 0.2) is 0 Å². The standard InChI is InChI=1S/C15H31N3/c1-12-10-18(11-15(12)17(3)4)9-8-13-6-5-7-14(13)16-2/h12-16H,5-11H2,1-4H3. The summed E-state index contributed by atoms with van der Waals surface area (Å²) in [5.74, 6) is 1.74. The molecule has 0 radical (unpaired) electrons. The lowest BCUT2D eigenvalue weighted by Crippen LogP contribution is -2.35. The zero-order chi connectivity index (χ0) is 13.1. The van der Waals surface area contributed by atoms with Crippen LogP contribution in [0.3, 0.4) is 0 Å². The molecule has 4 atom stereocenters. The maximum absolute atomic E-state index is 3.50. The average molecular weight is 253 g/mol. The van der Waals surface area contributed by atoms with E-state index in [9.17, 15) is 0 Å². The fraction of sp³-hybridized carbons (Fsp3) is 1.00. The van der Waals surface area contributed by atoms with Gasteiger partial charge in [0.2, 0.25) is 0 Å². The lowest BCUT2D eigenvalue weighted by Gasteiger charge is -2.24. The topological polar surface area (TPSA) is 18.5 Å². The molecule has 0 spiro atoms. The number of likely N-dealkylation sites (tertiary alicyclic amines) is 1. The quantitative estimate of drug-likeness (QED) is 0.804. The minimum atomic E-state index is 0.758. The Bertz CT molecular complexity index is 254. The van der Waals surface area contributed by atoms with Gasteiger partial charge in [-0.25, -0.2) is 0 Å². The van der Waals surface area contributed by atoms with Gasteiger partial charge < -0.3 is 15.1 Å². The summed E-state index contributed by atoms with van der Waals surface area (Å²) in [7, 11) is 6.57. The Balaban J connectivity index is 1.74. The highest BCUT2D eigenvalue weighted by atomic mass is 15.2. The summed E-state index contributed by atoms with van der Waals surface area (Å²) >= 11 is 0. The largest absolute Gasteiger partial charge is 0.317 e. The molecule has 0 bridgehead atoms. The molecule has 0 aromatic carbocycles. The van der Waals surface area contributed by atoms with Gasteiger partial charge in [0.25, 0.3) is 0 Å². The Morgan fingerprint density at radius 1 is 1.22 bits per heavy atom. The summed E-state index contributed by atoms with van der Waals surface area (Å²) in [6.45, 7) is 6.26. The van der Waals surface area contributed by atoms with Crippen LogP contribution in [0.2, 0.25) is 0 Å². The van der Waals surface area contributed by atoms with Gasteiger partial charge in [-0.15, -0.1) is 0 Å². The number of hydrogen-bond donors (Lipinski definition) is 1. The fourth-order valence-corrected chi connectivity index (χ4v) is 4.01. The number of likely N-dealkylation sites (N-methyl/N-ethyl adjacent to an activating group) is 1. The second-order valence-electron chi connectivity index (χ2n) is 6.64. The summed E-state index contributed by atoms with van der Waals surface area (Å²) in [6, 6.07) is 1.54. The van der Waals surface area contributed by atoms with Crippen molar-refractivity contribution in [2.24, 2.45) is 11.8 Å². The number of hydrogen-bond acceptors (Lipinski definition) is 3. The molecular weight excluding hydrogens is 222 g/mol. The highest BCUT2D eigenvalue weighted by molar-refractivity contribution is 4.88. The van der Waals surface area contributed by atoms with Crippen LogP contribution in [-0.2, 0) is 0 Å². The number of nitrogens with zero attached hydrogens (tertiary/aromatic N) is 2. The van der Waals surface area contributed by atoms with E-state index in [-0.39, 0.29) is 0 Å². The van der Waals surface area contributed by atoms with E-state index in [0.717, 1.165) is 23.9 Å². The SMILES string of the molecule is CNC1CCCC1CCN1CC(C)C(N(C)C)C1. The van der Waals surface area contributed by atoms with Crippen LogP contribution in [0.1, 0.15) is 32.6 Å². The van der Waals surface area contributed by atoms with Crippen molar-refractivity contribution < 1.29 is 0 Å². The molecule has 2 fully saturated rings. The molecule has 1 N–H and O–H groups in total. The van der Waals surface area contributed by atoms with Crippen LogP contribution in [0.5, 0.6) is 0 Å². The molecule has 3 heteroatoms. The number of nitrogens with one attached hydrogen (secondary N) is 1. The molecule has 1 aliphatic heterocycles. The van der Waals surface area contributed by atoms with Crippen molar-refractivity contribution in [3.63, 3.8) is 0 Å². The first-order valence-corrected chi connectivity index (χ1v) is 7.68. The maximum Gasteiger partial charge on any atom is 0.0254 e. The molecular formula is C15H31N3. The minimum absolute atomic E-state index is 0.758. The van der Waals surface area contributed by atoms with Gasteiger partial charge in [0.05, 0.1) is 0 Å². The van der Waals surface area contributed by atoms with Gasteiger partial charge in [-0.3, -0.25) is 0 Å². The van der Waals surface area contributed by atoms with Crippen molar-refractivity contribution in [3.05, 3.63) is 0 Å². The zero-order valence-electron chi connectivity index (χ0n) is 12.7. The summed E-state index contributed by atoms with van der Waals surface area (Å²) in [6.07, 6.45) is 5.63. The molecule has 1 saturated heterocycles. The summed E-state index contributed by atoms with van der Waals surface area (Å²) < 4.78 is 0. The van der Waals surface area contributed by atoms with Crippen LogP contribution in [0.15, 0.2) is 0 Å². The van der Waals surface area contributed by atoms with Crippen molar-refractivity contribution in [2.75, 3.05) is 40.8 Å². The molecule has 106 valence electrons. The Hall–Kier alpha value is -0.120. The molecule has 2 rings (SSSR count). The van der Waals surface area contributed by atoms with E-state index in [4.69, 9.17) is 0 Å². The molecule has 1 heterocycles. The van der Waals surface area contributed by atoms with Crippen LogP contribution in [-0.4, -0.2) is 62.7 Å². The summed E-state index contributed by atoms with van der Waals surface area (Å²) in [5.41, 5.74) is 0. The summed E-state index contributed by atoms with van der Waals surface area (Å²) in [4.78, 5) is 5.08. The van der Waals surface area contributed by atoms with E-state index in [2.05, 4.69) is 43.2 Å². The first kappa shape index (κ1) is 14.3. The third-order valence-corrected chi connectivity index (χ3v) is 5.16. The van der Waals surface area contributed by atoms with Crippen molar-refractivity contribution in [1.29, 1.82) is 0 Å². The van der Waals surface area contributed by atoms with Crippen molar-refractivity contribution in [1.82, 2.24) is 15.1 Å². The lowest BCUT2D eigenvalue weighted by atomic mass is 9.99. The monoisotopic (exact) mass is 253 g/mol. The van der Waals surface area contributed by atoms with Crippen molar-refractivity contribution in [3.8, 4) is 0 Å². The Morgan fingerprint density at radius 3 is 2.61 bits per heavy atom. The van der Waals surface area contributed by atoms with E-state index < -0.39 is 0 Å². The Labute approximate surface area is 113 Å². The van der Waals surface area contributed by atoms with E-state index in [1.54, 1.807) is 0 Å². The highest BCUT2D eigenvalue weighted by Gasteiger charge is 2.32. The van der Waals surface area contributed by atoms with Crippen LogP contribution in [0.4, 0.5) is 0 Å². The smallest absolute Gasteiger partial charge is 0.0254 e. The van der Waals surface area contributed by atoms with E-state index >= 15 is 0 Å². The summed E-state index contributed by atoms with van der Waals surface area (Å²) in [5, 5.41) is 3.50. The van der Waals surface area contributed by atoms with Crippen LogP contribution in [0.25, 0.3) is 0 Å². The van der Waals surface area contributed by atoms with Gasteiger partial charge in [0, 0.05) is 25.2 Å². The maximum atomic E-state index is 3.50. The molecule has 1 aliphatic carbocycles.